The second-order valence-corrected chi connectivity index (χ2v) is 7.61. The Balaban J connectivity index is 1.84. The summed E-state index contributed by atoms with van der Waals surface area (Å²) in [5.74, 6) is 0.351. The summed E-state index contributed by atoms with van der Waals surface area (Å²) in [7, 11) is -3.40. The number of pyridine rings is 1. The lowest BCUT2D eigenvalue weighted by Gasteiger charge is -2.22. The molecule has 0 spiro atoms. The molecule has 0 radical (unpaired) electrons. The van der Waals surface area contributed by atoms with Crippen LogP contribution in [0, 0.1) is 0 Å². The van der Waals surface area contributed by atoms with Crippen molar-refractivity contribution in [1.82, 2.24) is 10.3 Å². The van der Waals surface area contributed by atoms with Crippen LogP contribution in [-0.4, -0.2) is 26.5 Å². The molecule has 116 valence electrons. The summed E-state index contributed by atoms with van der Waals surface area (Å²) in [5, 5.41) is 3.50. The molecule has 1 fully saturated rings. The second kappa shape index (κ2) is 6.58. The number of hydrogen-bond acceptors (Lipinski definition) is 4. The van der Waals surface area contributed by atoms with Crippen LogP contribution in [0.2, 0.25) is 0 Å². The van der Waals surface area contributed by atoms with Crippen molar-refractivity contribution in [3.63, 3.8) is 0 Å². The minimum absolute atomic E-state index is 0.00346. The van der Waals surface area contributed by atoms with Crippen molar-refractivity contribution in [3.8, 4) is 0 Å². The van der Waals surface area contributed by atoms with E-state index in [9.17, 15) is 8.42 Å². The van der Waals surface area contributed by atoms with Gasteiger partial charge >= 0.3 is 0 Å². The molecule has 1 aliphatic rings. The Bertz CT molecular complexity index is 723. The van der Waals surface area contributed by atoms with Gasteiger partial charge in [0.2, 0.25) is 0 Å². The van der Waals surface area contributed by atoms with Gasteiger partial charge in [0.25, 0.3) is 0 Å². The van der Waals surface area contributed by atoms with Crippen LogP contribution >= 0.6 is 0 Å². The zero-order valence-corrected chi connectivity index (χ0v) is 13.2. The van der Waals surface area contributed by atoms with Gasteiger partial charge in [-0.1, -0.05) is 36.4 Å². The molecule has 0 unspecified atom stereocenters. The number of nitrogens with zero attached hydrogens (tertiary/aromatic N) is 1. The van der Waals surface area contributed by atoms with Gasteiger partial charge in [0.05, 0.1) is 5.75 Å². The lowest BCUT2D eigenvalue weighted by molar-refractivity contribution is 0.451. The van der Waals surface area contributed by atoms with Gasteiger partial charge in [-0.3, -0.25) is 0 Å². The highest BCUT2D eigenvalue weighted by Crippen LogP contribution is 2.25. The van der Waals surface area contributed by atoms with E-state index in [4.69, 9.17) is 0 Å². The van der Waals surface area contributed by atoms with Gasteiger partial charge < -0.3 is 5.32 Å². The quantitative estimate of drug-likeness (QED) is 0.941. The SMILES string of the molecule is O=S(=O)(Cc1ccccc1)c1cccc(C2CCNCC2)n1. The van der Waals surface area contributed by atoms with Crippen molar-refractivity contribution in [3.05, 3.63) is 59.8 Å². The van der Waals surface area contributed by atoms with Crippen LogP contribution in [0.1, 0.15) is 30.0 Å². The number of benzene rings is 1. The third-order valence-corrected chi connectivity index (χ3v) is 5.60. The van der Waals surface area contributed by atoms with E-state index < -0.39 is 9.84 Å². The van der Waals surface area contributed by atoms with Gasteiger partial charge in [-0.15, -0.1) is 0 Å². The zero-order chi connectivity index (χ0) is 15.4. The fraction of sp³-hybridized carbons (Fsp3) is 0.353. The van der Waals surface area contributed by atoms with Gasteiger partial charge in [-0.05, 0) is 43.6 Å². The Kier molecular flexibility index (Phi) is 4.55. The normalized spacial score (nSPS) is 16.5. The van der Waals surface area contributed by atoms with E-state index in [1.54, 1.807) is 6.07 Å². The molecule has 0 bridgehead atoms. The van der Waals surface area contributed by atoms with Crippen molar-refractivity contribution in [1.29, 1.82) is 0 Å². The van der Waals surface area contributed by atoms with E-state index in [0.717, 1.165) is 37.2 Å². The highest BCUT2D eigenvalue weighted by molar-refractivity contribution is 7.90. The molecule has 2 heterocycles. The maximum Gasteiger partial charge on any atom is 0.199 e. The maximum absolute atomic E-state index is 12.6. The summed E-state index contributed by atoms with van der Waals surface area (Å²) in [6.45, 7) is 1.93. The molecule has 0 atom stereocenters. The van der Waals surface area contributed by atoms with Crippen molar-refractivity contribution in [2.45, 2.75) is 29.5 Å². The molecular formula is C17H20N2O2S. The van der Waals surface area contributed by atoms with Crippen LogP contribution < -0.4 is 5.32 Å². The van der Waals surface area contributed by atoms with E-state index in [1.807, 2.05) is 42.5 Å². The first-order chi connectivity index (χ1) is 10.6. The number of rotatable bonds is 4. The van der Waals surface area contributed by atoms with Crippen LogP contribution in [-0.2, 0) is 15.6 Å². The molecule has 0 aliphatic carbocycles. The average Bonchev–Trinajstić information content (AvgIpc) is 2.56. The predicted octanol–water partition coefficient (Wildman–Crippen LogP) is 2.52. The van der Waals surface area contributed by atoms with Gasteiger partial charge in [0.15, 0.2) is 14.9 Å². The van der Waals surface area contributed by atoms with Crippen LogP contribution in [0.15, 0.2) is 53.6 Å². The molecule has 4 nitrogen and oxygen atoms in total. The van der Waals surface area contributed by atoms with Crippen molar-refractivity contribution < 1.29 is 8.42 Å². The molecule has 1 saturated heterocycles. The van der Waals surface area contributed by atoms with E-state index in [2.05, 4.69) is 10.3 Å². The average molecular weight is 316 g/mol. The highest BCUT2D eigenvalue weighted by Gasteiger charge is 2.21. The Morgan fingerprint density at radius 2 is 1.73 bits per heavy atom. The fourth-order valence-corrected chi connectivity index (χ4v) is 4.13. The summed E-state index contributed by atoms with van der Waals surface area (Å²) in [4.78, 5) is 4.45. The molecule has 0 amide bonds. The molecule has 1 aromatic heterocycles. The smallest absolute Gasteiger partial charge is 0.199 e. The summed E-state index contributed by atoms with van der Waals surface area (Å²) in [6.07, 6.45) is 2.02. The first-order valence-corrected chi connectivity index (χ1v) is 9.25. The van der Waals surface area contributed by atoms with Crippen molar-refractivity contribution >= 4 is 9.84 Å². The predicted molar refractivity (Wildman–Crippen MR) is 86.4 cm³/mol. The van der Waals surface area contributed by atoms with Crippen LogP contribution in [0.25, 0.3) is 0 Å². The molecule has 2 aromatic rings. The standard InChI is InChI=1S/C17H20N2O2S/c20-22(21,13-14-5-2-1-3-6-14)17-8-4-7-16(19-17)15-9-11-18-12-10-15/h1-8,15,18H,9-13H2. The monoisotopic (exact) mass is 316 g/mol. The molecule has 1 N–H and O–H groups in total. The Morgan fingerprint density at radius 3 is 2.45 bits per heavy atom. The van der Waals surface area contributed by atoms with E-state index in [1.165, 1.54) is 0 Å². The number of piperidine rings is 1. The number of aromatic nitrogens is 1. The third kappa shape index (κ3) is 3.54. The summed E-state index contributed by atoms with van der Waals surface area (Å²) in [6, 6.07) is 14.6. The molecule has 0 saturated carbocycles. The Hall–Kier alpha value is -1.72. The lowest BCUT2D eigenvalue weighted by atomic mass is 9.94. The molecule has 5 heteroatoms. The maximum atomic E-state index is 12.6. The van der Waals surface area contributed by atoms with Gasteiger partial charge in [-0.25, -0.2) is 13.4 Å². The Labute approximate surface area is 131 Å². The largest absolute Gasteiger partial charge is 0.317 e. The first-order valence-electron chi connectivity index (χ1n) is 7.59. The van der Waals surface area contributed by atoms with Crippen LogP contribution in [0.3, 0.4) is 0 Å². The van der Waals surface area contributed by atoms with Gasteiger partial charge in [-0.2, -0.15) is 0 Å². The lowest BCUT2D eigenvalue weighted by Crippen LogP contribution is -2.27. The van der Waals surface area contributed by atoms with E-state index in [0.29, 0.717) is 5.92 Å². The first kappa shape index (κ1) is 15.2. The minimum Gasteiger partial charge on any atom is -0.317 e. The topological polar surface area (TPSA) is 59.1 Å². The van der Waals surface area contributed by atoms with Crippen LogP contribution in [0.4, 0.5) is 0 Å². The van der Waals surface area contributed by atoms with Gasteiger partial charge in [0.1, 0.15) is 0 Å². The van der Waals surface area contributed by atoms with Gasteiger partial charge in [0, 0.05) is 11.6 Å². The van der Waals surface area contributed by atoms with Crippen molar-refractivity contribution in [2.24, 2.45) is 0 Å². The van der Waals surface area contributed by atoms with E-state index in [-0.39, 0.29) is 10.8 Å². The zero-order valence-electron chi connectivity index (χ0n) is 12.4. The Morgan fingerprint density at radius 1 is 1.00 bits per heavy atom. The number of nitrogens with one attached hydrogen (secondary N) is 1. The molecule has 1 aliphatic heterocycles. The molecule has 3 rings (SSSR count). The molecule has 1 aromatic carbocycles. The summed E-state index contributed by atoms with van der Waals surface area (Å²) in [5.41, 5.74) is 1.69. The highest BCUT2D eigenvalue weighted by atomic mass is 32.2. The van der Waals surface area contributed by atoms with E-state index >= 15 is 0 Å². The third-order valence-electron chi connectivity index (χ3n) is 4.02. The summed E-state index contributed by atoms with van der Waals surface area (Å²) < 4.78 is 25.1. The minimum atomic E-state index is -3.40. The number of hydrogen-bond donors (Lipinski definition) is 1. The summed E-state index contributed by atoms with van der Waals surface area (Å²) >= 11 is 0. The molecular weight excluding hydrogens is 296 g/mol. The number of sulfone groups is 1. The van der Waals surface area contributed by atoms with Crippen LogP contribution in [0.5, 0.6) is 0 Å². The van der Waals surface area contributed by atoms with Crippen molar-refractivity contribution in [2.75, 3.05) is 13.1 Å². The fourth-order valence-electron chi connectivity index (χ4n) is 2.82. The molecule has 22 heavy (non-hydrogen) atoms. The second-order valence-electron chi connectivity index (χ2n) is 5.67.